The molecule has 1 unspecified atom stereocenters. The molecule has 3 atom stereocenters. The zero-order valence-electron chi connectivity index (χ0n) is 7.15. The van der Waals surface area contributed by atoms with Gasteiger partial charge in [-0.05, 0) is 12.8 Å². The smallest absolute Gasteiger partial charge is 0.103 e. The van der Waals surface area contributed by atoms with E-state index in [2.05, 4.69) is 30.9 Å². The van der Waals surface area contributed by atoms with E-state index in [1.165, 1.54) is 0 Å². The topological polar surface area (TPSA) is 12.5 Å². The fourth-order valence-electron chi connectivity index (χ4n) is 1.67. The van der Waals surface area contributed by atoms with E-state index in [4.69, 9.17) is 4.74 Å². The maximum atomic E-state index is 5.46. The predicted octanol–water partition coefficient (Wildman–Crippen LogP) is 2.46. The van der Waals surface area contributed by atoms with Gasteiger partial charge in [-0.2, -0.15) is 0 Å². The third-order valence-electron chi connectivity index (χ3n) is 2.45. The van der Waals surface area contributed by atoms with Gasteiger partial charge in [-0.15, -0.1) is 6.58 Å². The monoisotopic (exact) mass is 162 g/mol. The first-order valence-corrected chi connectivity index (χ1v) is 4.51. The Bertz CT molecular complexity index is 227. The van der Waals surface area contributed by atoms with E-state index in [-0.39, 0.29) is 0 Å². The lowest BCUT2D eigenvalue weighted by Gasteiger charge is -2.03. The lowest BCUT2D eigenvalue weighted by Crippen LogP contribution is -2.05. The molecule has 0 aromatic rings. The Morgan fingerprint density at radius 1 is 1.33 bits per heavy atom. The normalized spacial score (nSPS) is 39.2. The van der Waals surface area contributed by atoms with Crippen molar-refractivity contribution in [1.82, 2.24) is 0 Å². The van der Waals surface area contributed by atoms with Gasteiger partial charge >= 0.3 is 0 Å². The largest absolute Gasteiger partial charge is 0.365 e. The zero-order valence-corrected chi connectivity index (χ0v) is 7.15. The quantitative estimate of drug-likeness (QED) is 0.449. The molecule has 1 saturated heterocycles. The Kier molecular flexibility index (Phi) is 2.13. The van der Waals surface area contributed by atoms with Crippen molar-refractivity contribution in [3.8, 4) is 0 Å². The van der Waals surface area contributed by atoms with Crippen LogP contribution in [0.3, 0.4) is 0 Å². The van der Waals surface area contributed by atoms with Gasteiger partial charge in [0.15, 0.2) is 0 Å². The molecule has 1 aliphatic heterocycles. The van der Waals surface area contributed by atoms with Crippen LogP contribution in [0.1, 0.15) is 12.8 Å². The highest BCUT2D eigenvalue weighted by atomic mass is 16.6. The van der Waals surface area contributed by atoms with Crippen LogP contribution in [0.2, 0.25) is 0 Å². The van der Waals surface area contributed by atoms with Crippen LogP contribution in [0.5, 0.6) is 0 Å². The highest BCUT2D eigenvalue weighted by molar-refractivity contribution is 5.11. The van der Waals surface area contributed by atoms with Crippen molar-refractivity contribution >= 4 is 0 Å². The van der Waals surface area contributed by atoms with E-state index in [1.807, 2.05) is 6.08 Å². The van der Waals surface area contributed by atoms with Crippen LogP contribution >= 0.6 is 0 Å². The maximum Gasteiger partial charge on any atom is 0.103 e. The van der Waals surface area contributed by atoms with Crippen LogP contribution in [0.4, 0.5) is 0 Å². The lowest BCUT2D eigenvalue weighted by atomic mass is 9.99. The summed E-state index contributed by atoms with van der Waals surface area (Å²) in [7, 11) is 0. The molecule has 0 N–H and O–H groups in total. The first-order valence-electron chi connectivity index (χ1n) is 4.51. The summed E-state index contributed by atoms with van der Waals surface area (Å²) in [5.74, 6) is 0.576. The SMILES string of the molecule is C=C[C@H]1O[C@@H]1C1C=CCC=CC1. The van der Waals surface area contributed by atoms with E-state index >= 15 is 0 Å². The van der Waals surface area contributed by atoms with Crippen molar-refractivity contribution in [2.24, 2.45) is 5.92 Å². The van der Waals surface area contributed by atoms with Crippen LogP contribution in [-0.4, -0.2) is 12.2 Å². The summed E-state index contributed by atoms with van der Waals surface area (Å²) in [6.45, 7) is 3.72. The van der Waals surface area contributed by atoms with Crippen LogP contribution in [0.15, 0.2) is 37.0 Å². The number of allylic oxidation sites excluding steroid dienone is 3. The Hall–Kier alpha value is -0.820. The first kappa shape index (κ1) is 7.81. The van der Waals surface area contributed by atoms with Crippen molar-refractivity contribution in [1.29, 1.82) is 0 Å². The molecule has 0 saturated carbocycles. The molecule has 0 radical (unpaired) electrons. The third kappa shape index (κ3) is 1.51. The average Bonchev–Trinajstić information content (AvgIpc) is 2.89. The van der Waals surface area contributed by atoms with Gasteiger partial charge in [0.05, 0.1) is 6.10 Å². The molecular weight excluding hydrogens is 148 g/mol. The van der Waals surface area contributed by atoms with Crippen LogP contribution < -0.4 is 0 Å². The molecule has 1 fully saturated rings. The first-order chi connectivity index (χ1) is 5.92. The lowest BCUT2D eigenvalue weighted by molar-refractivity contribution is 0.350. The predicted molar refractivity (Wildman–Crippen MR) is 49.9 cm³/mol. The number of hydrogen-bond donors (Lipinski definition) is 0. The van der Waals surface area contributed by atoms with Gasteiger partial charge in [0.1, 0.15) is 6.10 Å². The number of hydrogen-bond acceptors (Lipinski definition) is 1. The zero-order chi connectivity index (χ0) is 8.39. The Morgan fingerprint density at radius 2 is 2.25 bits per heavy atom. The number of rotatable bonds is 2. The van der Waals surface area contributed by atoms with Crippen molar-refractivity contribution in [3.05, 3.63) is 37.0 Å². The van der Waals surface area contributed by atoms with Crippen LogP contribution in [0.25, 0.3) is 0 Å². The van der Waals surface area contributed by atoms with Gasteiger partial charge in [0.2, 0.25) is 0 Å². The minimum atomic E-state index is 0.311. The van der Waals surface area contributed by atoms with Crippen LogP contribution in [0, 0.1) is 5.92 Å². The molecule has 1 nitrogen and oxygen atoms in total. The summed E-state index contributed by atoms with van der Waals surface area (Å²) in [5, 5.41) is 0. The van der Waals surface area contributed by atoms with Crippen molar-refractivity contribution in [2.75, 3.05) is 0 Å². The molecule has 1 heteroatoms. The minimum absolute atomic E-state index is 0.311. The van der Waals surface area contributed by atoms with Gasteiger partial charge in [-0.1, -0.05) is 30.4 Å². The number of epoxide rings is 1. The molecule has 0 bridgehead atoms. The molecule has 0 aromatic carbocycles. The third-order valence-corrected chi connectivity index (χ3v) is 2.45. The highest BCUT2D eigenvalue weighted by Crippen LogP contribution is 2.34. The van der Waals surface area contributed by atoms with Gasteiger partial charge in [0, 0.05) is 5.92 Å². The molecule has 64 valence electrons. The molecular formula is C11H14O. The summed E-state index contributed by atoms with van der Waals surface area (Å²) >= 11 is 0. The van der Waals surface area contributed by atoms with Crippen molar-refractivity contribution in [2.45, 2.75) is 25.0 Å². The molecule has 0 spiro atoms. The molecule has 2 aliphatic rings. The molecule has 2 rings (SSSR count). The fraction of sp³-hybridized carbons (Fsp3) is 0.455. The Morgan fingerprint density at radius 3 is 3.00 bits per heavy atom. The van der Waals surface area contributed by atoms with Gasteiger partial charge in [0.25, 0.3) is 0 Å². The van der Waals surface area contributed by atoms with E-state index < -0.39 is 0 Å². The summed E-state index contributed by atoms with van der Waals surface area (Å²) in [6.07, 6.45) is 13.7. The van der Waals surface area contributed by atoms with Crippen LogP contribution in [-0.2, 0) is 4.74 Å². The van der Waals surface area contributed by atoms with Gasteiger partial charge in [-0.3, -0.25) is 0 Å². The summed E-state index contributed by atoms with van der Waals surface area (Å²) in [4.78, 5) is 0. The van der Waals surface area contributed by atoms with Gasteiger partial charge < -0.3 is 4.74 Å². The summed E-state index contributed by atoms with van der Waals surface area (Å²) < 4.78 is 5.46. The molecule has 1 aliphatic carbocycles. The number of ether oxygens (including phenoxy) is 1. The van der Waals surface area contributed by atoms with Crippen molar-refractivity contribution in [3.63, 3.8) is 0 Å². The van der Waals surface area contributed by atoms with E-state index in [0.29, 0.717) is 18.1 Å². The molecule has 12 heavy (non-hydrogen) atoms. The van der Waals surface area contributed by atoms with E-state index in [1.54, 1.807) is 0 Å². The fourth-order valence-corrected chi connectivity index (χ4v) is 1.67. The summed E-state index contributed by atoms with van der Waals surface area (Å²) in [5.41, 5.74) is 0. The van der Waals surface area contributed by atoms with E-state index in [0.717, 1.165) is 12.8 Å². The second-order valence-electron chi connectivity index (χ2n) is 3.34. The maximum absolute atomic E-state index is 5.46. The minimum Gasteiger partial charge on any atom is -0.365 e. The Balaban J connectivity index is 1.95. The molecule has 0 aromatic heterocycles. The second kappa shape index (κ2) is 3.28. The van der Waals surface area contributed by atoms with Gasteiger partial charge in [-0.25, -0.2) is 0 Å². The second-order valence-corrected chi connectivity index (χ2v) is 3.34. The average molecular weight is 162 g/mol. The Labute approximate surface area is 73.4 Å². The molecule has 1 heterocycles. The highest BCUT2D eigenvalue weighted by Gasteiger charge is 2.40. The van der Waals surface area contributed by atoms with E-state index in [9.17, 15) is 0 Å². The molecule has 0 amide bonds. The van der Waals surface area contributed by atoms with Crippen molar-refractivity contribution < 1.29 is 4.74 Å². The summed E-state index contributed by atoms with van der Waals surface area (Å²) in [6, 6.07) is 0. The standard InChI is InChI=1S/C11H14O/c1-2-10-11(12-10)9-7-5-3-4-6-8-9/h2-3,5-6,8-11H,1,4,7H2/t9?,10-,11-/m1/s1.